The molecule has 0 unspecified atom stereocenters. The van der Waals surface area contributed by atoms with E-state index in [4.69, 9.17) is 4.74 Å². The Balaban J connectivity index is 1.59. The van der Waals surface area contributed by atoms with Gasteiger partial charge in [0, 0.05) is 69.3 Å². The van der Waals surface area contributed by atoms with E-state index in [1.54, 1.807) is 0 Å². The molecule has 0 spiro atoms. The molecule has 10 nitrogen and oxygen atoms in total. The maximum absolute atomic E-state index is 15.9. The molecule has 4 heterocycles. The van der Waals surface area contributed by atoms with Gasteiger partial charge in [0.05, 0.1) is 40.9 Å². The van der Waals surface area contributed by atoms with Crippen LogP contribution in [0.5, 0.6) is 0 Å². The van der Waals surface area contributed by atoms with Crippen molar-refractivity contribution in [1.82, 2.24) is 19.4 Å². The highest BCUT2D eigenvalue weighted by Gasteiger charge is 2.37. The Kier molecular flexibility index (Phi) is 8.67. The van der Waals surface area contributed by atoms with Gasteiger partial charge in [0.1, 0.15) is 5.82 Å². The first-order valence-corrected chi connectivity index (χ1v) is 14.3. The molecule has 3 aromatic rings. The van der Waals surface area contributed by atoms with Crippen molar-refractivity contribution in [2.45, 2.75) is 45.1 Å². The molecule has 3 atom stereocenters. The van der Waals surface area contributed by atoms with Gasteiger partial charge in [-0.15, -0.1) is 0 Å². The quantitative estimate of drug-likeness (QED) is 0.430. The van der Waals surface area contributed by atoms with E-state index < -0.39 is 34.6 Å². The Morgan fingerprint density at radius 3 is 2.41 bits per heavy atom. The molecule has 1 N–H and O–H groups in total. The standard InChI is InChI=1S/C30H35F4N7O3/c1-17-13-41(14-18(2)39(17)5)26-12-23(31)20(24-6-7-35-29(37-24)40-8-9-44-19(3)15-40)10-25(26)36-28(43)21-16-38(4)27(42)11-22(21)30(32,33)34/h6-7,10-12,16-19H,8-9,13-15H2,1-5H3,(H,36,43)/t17-,18+,19-/m1/s1. The van der Waals surface area contributed by atoms with E-state index in [2.05, 4.69) is 20.2 Å². The first-order valence-electron chi connectivity index (χ1n) is 14.3. The van der Waals surface area contributed by atoms with Gasteiger partial charge in [0.15, 0.2) is 0 Å². The van der Waals surface area contributed by atoms with E-state index in [0.29, 0.717) is 50.5 Å². The minimum Gasteiger partial charge on any atom is -0.375 e. The Morgan fingerprint density at radius 2 is 1.75 bits per heavy atom. The van der Waals surface area contributed by atoms with Crippen molar-refractivity contribution in [2.75, 3.05) is 55.0 Å². The van der Waals surface area contributed by atoms with Crippen molar-refractivity contribution in [3.63, 3.8) is 0 Å². The fraction of sp³-hybridized carbons (Fsp3) is 0.467. The summed E-state index contributed by atoms with van der Waals surface area (Å²) in [4.78, 5) is 40.5. The number of aromatic nitrogens is 3. The summed E-state index contributed by atoms with van der Waals surface area (Å²) in [6.45, 7) is 8.52. The molecular formula is C30H35F4N7O3. The first kappa shape index (κ1) is 31.4. The number of carbonyl (C=O) groups is 1. The van der Waals surface area contributed by atoms with Gasteiger partial charge in [-0.3, -0.25) is 14.5 Å². The van der Waals surface area contributed by atoms with E-state index in [0.717, 1.165) is 10.8 Å². The van der Waals surface area contributed by atoms with Crippen LogP contribution in [0.4, 0.5) is 34.9 Å². The average molecular weight is 618 g/mol. The first-order chi connectivity index (χ1) is 20.7. The summed E-state index contributed by atoms with van der Waals surface area (Å²) in [6.07, 6.45) is -2.63. The molecule has 2 aromatic heterocycles. The van der Waals surface area contributed by atoms with Gasteiger partial charge in [-0.1, -0.05) is 0 Å². The van der Waals surface area contributed by atoms with Crippen LogP contribution in [0.3, 0.4) is 0 Å². The SMILES string of the molecule is C[C@@H]1CN(c2nccc(-c3cc(NC(=O)c4cn(C)c(=O)cc4C(F)(F)F)c(N4C[C@@H](C)N(C)[C@@H](C)C4)cc3F)n2)CCO1. The number of aryl methyl sites for hydroxylation is 1. The van der Waals surface area contributed by atoms with Crippen LogP contribution in [0.2, 0.25) is 0 Å². The molecule has 2 aliphatic rings. The predicted molar refractivity (Wildman–Crippen MR) is 159 cm³/mol. The van der Waals surface area contributed by atoms with Crippen molar-refractivity contribution in [3.05, 3.63) is 64.0 Å². The Morgan fingerprint density at radius 1 is 1.05 bits per heavy atom. The summed E-state index contributed by atoms with van der Waals surface area (Å²) in [5.74, 6) is -1.32. The summed E-state index contributed by atoms with van der Waals surface area (Å²) < 4.78 is 64.1. The third kappa shape index (κ3) is 6.41. The molecule has 5 rings (SSSR count). The largest absolute Gasteiger partial charge is 0.417 e. The molecule has 0 bridgehead atoms. The number of nitrogens with zero attached hydrogens (tertiary/aromatic N) is 6. The number of alkyl halides is 3. The highest BCUT2D eigenvalue weighted by atomic mass is 19.4. The van der Waals surface area contributed by atoms with Crippen LogP contribution < -0.4 is 20.7 Å². The third-order valence-electron chi connectivity index (χ3n) is 8.26. The fourth-order valence-corrected chi connectivity index (χ4v) is 5.61. The summed E-state index contributed by atoms with van der Waals surface area (Å²) >= 11 is 0. The number of hydrogen-bond acceptors (Lipinski definition) is 8. The maximum atomic E-state index is 15.9. The maximum Gasteiger partial charge on any atom is 0.417 e. The molecule has 236 valence electrons. The molecule has 2 saturated heterocycles. The number of morpholine rings is 1. The van der Waals surface area contributed by atoms with Crippen molar-refractivity contribution < 1.29 is 27.1 Å². The van der Waals surface area contributed by atoms with Crippen molar-refractivity contribution in [1.29, 1.82) is 0 Å². The molecule has 1 aromatic carbocycles. The van der Waals surface area contributed by atoms with E-state index in [1.165, 1.54) is 31.4 Å². The molecule has 2 aliphatic heterocycles. The van der Waals surface area contributed by atoms with Gasteiger partial charge in [-0.2, -0.15) is 13.2 Å². The van der Waals surface area contributed by atoms with Gasteiger partial charge in [0.2, 0.25) is 5.95 Å². The molecular weight excluding hydrogens is 582 g/mol. The lowest BCUT2D eigenvalue weighted by molar-refractivity contribution is -0.138. The van der Waals surface area contributed by atoms with Gasteiger partial charge >= 0.3 is 6.18 Å². The molecule has 1 amide bonds. The minimum atomic E-state index is -4.95. The van der Waals surface area contributed by atoms with Crippen LogP contribution in [-0.2, 0) is 18.0 Å². The van der Waals surface area contributed by atoms with Gasteiger partial charge < -0.3 is 24.4 Å². The normalized spacial score (nSPS) is 21.4. The van der Waals surface area contributed by atoms with Crippen LogP contribution in [0.15, 0.2) is 41.5 Å². The lowest BCUT2D eigenvalue weighted by Gasteiger charge is -2.44. The van der Waals surface area contributed by atoms with Crippen LogP contribution >= 0.6 is 0 Å². The summed E-state index contributed by atoms with van der Waals surface area (Å²) in [6, 6.07) is 4.74. The number of benzene rings is 1. The summed E-state index contributed by atoms with van der Waals surface area (Å²) in [5, 5.41) is 2.60. The summed E-state index contributed by atoms with van der Waals surface area (Å²) in [7, 11) is 3.24. The van der Waals surface area contributed by atoms with Gasteiger partial charge in [-0.25, -0.2) is 14.4 Å². The van der Waals surface area contributed by atoms with Crippen LogP contribution in [0, 0.1) is 5.82 Å². The number of anilines is 3. The Bertz CT molecular complexity index is 1600. The highest BCUT2D eigenvalue weighted by molar-refractivity contribution is 6.07. The van der Waals surface area contributed by atoms with E-state index >= 15 is 4.39 Å². The smallest absolute Gasteiger partial charge is 0.375 e. The third-order valence-corrected chi connectivity index (χ3v) is 8.26. The Hall–Kier alpha value is -4.04. The van der Waals surface area contributed by atoms with Crippen molar-refractivity contribution in [3.8, 4) is 11.3 Å². The summed E-state index contributed by atoms with van der Waals surface area (Å²) in [5.41, 5.74) is -2.29. The molecule has 2 fully saturated rings. The van der Waals surface area contributed by atoms with Crippen LogP contribution in [-0.4, -0.2) is 83.4 Å². The lowest BCUT2D eigenvalue weighted by Crippen LogP contribution is -2.55. The number of hydrogen-bond donors (Lipinski definition) is 1. The number of amides is 1. The van der Waals surface area contributed by atoms with E-state index in [-0.39, 0.29) is 35.1 Å². The molecule has 0 aliphatic carbocycles. The number of rotatable bonds is 5. The number of carbonyl (C=O) groups excluding carboxylic acids is 1. The van der Waals surface area contributed by atoms with Crippen LogP contribution in [0.1, 0.15) is 36.7 Å². The van der Waals surface area contributed by atoms with E-state index in [9.17, 15) is 22.8 Å². The van der Waals surface area contributed by atoms with Gasteiger partial charge in [-0.05, 0) is 46.0 Å². The monoisotopic (exact) mass is 617 g/mol. The minimum absolute atomic E-state index is 0.0405. The molecule has 0 saturated carbocycles. The number of halogens is 4. The highest BCUT2D eigenvalue weighted by Crippen LogP contribution is 2.37. The second-order valence-electron chi connectivity index (χ2n) is 11.5. The average Bonchev–Trinajstić information content (AvgIpc) is 2.97. The number of nitrogens with one attached hydrogen (secondary N) is 1. The molecule has 44 heavy (non-hydrogen) atoms. The van der Waals surface area contributed by atoms with Gasteiger partial charge in [0.25, 0.3) is 11.5 Å². The molecule has 0 radical (unpaired) electrons. The predicted octanol–water partition coefficient (Wildman–Crippen LogP) is 4.01. The zero-order valence-corrected chi connectivity index (χ0v) is 25.2. The zero-order valence-electron chi connectivity index (χ0n) is 25.2. The number of piperazine rings is 1. The van der Waals surface area contributed by atoms with E-state index in [1.807, 2.05) is 37.6 Å². The zero-order chi connectivity index (χ0) is 31.9. The second kappa shape index (κ2) is 12.2. The lowest BCUT2D eigenvalue weighted by atomic mass is 10.0. The number of pyridine rings is 1. The topological polar surface area (TPSA) is 95.8 Å². The number of likely N-dealkylation sites (N-methyl/N-ethyl adjacent to an activating group) is 1. The fourth-order valence-electron chi connectivity index (χ4n) is 5.61. The molecule has 14 heteroatoms. The second-order valence-corrected chi connectivity index (χ2v) is 11.5. The Labute approximate surface area is 252 Å². The van der Waals surface area contributed by atoms with Crippen molar-refractivity contribution in [2.24, 2.45) is 7.05 Å². The number of ether oxygens (including phenoxy) is 1. The van der Waals surface area contributed by atoms with Crippen LogP contribution in [0.25, 0.3) is 11.3 Å². The van der Waals surface area contributed by atoms with Crippen molar-refractivity contribution >= 4 is 23.2 Å².